The van der Waals surface area contributed by atoms with Crippen molar-refractivity contribution in [2.45, 2.75) is 32.2 Å². The number of hydrogen-bond acceptors (Lipinski definition) is 4. The van der Waals surface area contributed by atoms with Crippen LogP contribution >= 0.6 is 0 Å². The number of nitrogens with one attached hydrogen (secondary N) is 1. The van der Waals surface area contributed by atoms with Gasteiger partial charge in [-0.05, 0) is 39.9 Å². The lowest BCUT2D eigenvalue weighted by Crippen LogP contribution is -2.37. The molecule has 1 heterocycles. The van der Waals surface area contributed by atoms with Crippen LogP contribution in [0.1, 0.15) is 26.2 Å². The second-order valence-corrected chi connectivity index (χ2v) is 4.65. The third-order valence-corrected chi connectivity index (χ3v) is 3.33. The van der Waals surface area contributed by atoms with E-state index in [4.69, 9.17) is 5.84 Å². The molecule has 1 amide bonds. The smallest absolute Gasteiger partial charge is 0.233 e. The van der Waals surface area contributed by atoms with Gasteiger partial charge in [0.15, 0.2) is 0 Å². The first kappa shape index (κ1) is 13.4. The Morgan fingerprint density at radius 2 is 2.12 bits per heavy atom. The van der Waals surface area contributed by atoms with Crippen molar-refractivity contribution in [3.63, 3.8) is 0 Å². The van der Waals surface area contributed by atoms with Gasteiger partial charge in [0, 0.05) is 25.6 Å². The normalized spacial score (nSPS) is 21.4. The van der Waals surface area contributed by atoms with Gasteiger partial charge in [-0.25, -0.2) is 5.84 Å². The van der Waals surface area contributed by atoms with Gasteiger partial charge in [0.1, 0.15) is 0 Å². The van der Waals surface area contributed by atoms with Crippen molar-refractivity contribution < 1.29 is 4.79 Å². The van der Waals surface area contributed by atoms with Gasteiger partial charge >= 0.3 is 0 Å². The lowest BCUT2D eigenvalue weighted by atomic mass is 10.1. The van der Waals surface area contributed by atoms with Crippen molar-refractivity contribution in [1.82, 2.24) is 15.2 Å². The zero-order valence-electron chi connectivity index (χ0n) is 10.4. The summed E-state index contributed by atoms with van der Waals surface area (Å²) in [5.41, 5.74) is 2.18. The Balaban J connectivity index is 2.29. The van der Waals surface area contributed by atoms with Gasteiger partial charge in [0.25, 0.3) is 0 Å². The molecule has 0 radical (unpaired) electrons. The third-order valence-electron chi connectivity index (χ3n) is 3.33. The molecular weight excluding hydrogens is 204 g/mol. The fourth-order valence-electron chi connectivity index (χ4n) is 2.10. The lowest BCUT2D eigenvalue weighted by molar-refractivity contribution is -0.121. The van der Waals surface area contributed by atoms with Crippen LogP contribution in [0.15, 0.2) is 0 Å². The molecule has 1 aliphatic heterocycles. The summed E-state index contributed by atoms with van der Waals surface area (Å²) in [7, 11) is 2.16. The first-order valence-electron chi connectivity index (χ1n) is 6.05. The number of likely N-dealkylation sites (N-methyl/N-ethyl adjacent to an activating group) is 1. The molecule has 0 aromatic heterocycles. The number of amides is 1. The fraction of sp³-hybridized carbons (Fsp3) is 0.909. The van der Waals surface area contributed by atoms with Crippen LogP contribution in [-0.2, 0) is 4.79 Å². The summed E-state index contributed by atoms with van der Waals surface area (Å²) in [4.78, 5) is 15.9. The summed E-state index contributed by atoms with van der Waals surface area (Å²) < 4.78 is 0. The molecule has 5 nitrogen and oxygen atoms in total. The SMILES string of the molecule is CC(CCC(=O)NN)N1CCCN(C)CC1. The molecule has 0 bridgehead atoms. The predicted octanol–water partition coefficient (Wildman–Crippen LogP) is -0.217. The van der Waals surface area contributed by atoms with Crippen molar-refractivity contribution in [3.8, 4) is 0 Å². The van der Waals surface area contributed by atoms with Crippen LogP contribution < -0.4 is 11.3 Å². The van der Waals surface area contributed by atoms with Crippen LogP contribution in [0.25, 0.3) is 0 Å². The van der Waals surface area contributed by atoms with Gasteiger partial charge in [-0.2, -0.15) is 0 Å². The third kappa shape index (κ3) is 4.47. The molecule has 1 rings (SSSR count). The second kappa shape index (κ2) is 6.83. The Bertz CT molecular complexity index is 222. The van der Waals surface area contributed by atoms with Gasteiger partial charge < -0.3 is 4.90 Å². The average Bonchev–Trinajstić information content (AvgIpc) is 2.50. The number of hydrogen-bond donors (Lipinski definition) is 2. The van der Waals surface area contributed by atoms with E-state index in [0.29, 0.717) is 12.5 Å². The maximum atomic E-state index is 11.1. The molecule has 0 saturated carbocycles. The van der Waals surface area contributed by atoms with Gasteiger partial charge in [-0.3, -0.25) is 15.1 Å². The second-order valence-electron chi connectivity index (χ2n) is 4.65. The fourth-order valence-corrected chi connectivity index (χ4v) is 2.10. The van der Waals surface area contributed by atoms with Crippen molar-refractivity contribution in [1.29, 1.82) is 0 Å². The van der Waals surface area contributed by atoms with E-state index >= 15 is 0 Å². The van der Waals surface area contributed by atoms with E-state index in [0.717, 1.165) is 26.1 Å². The van der Waals surface area contributed by atoms with Crippen LogP contribution in [0.4, 0.5) is 0 Å². The van der Waals surface area contributed by atoms with E-state index in [9.17, 15) is 4.79 Å². The topological polar surface area (TPSA) is 61.6 Å². The van der Waals surface area contributed by atoms with Crippen LogP contribution in [-0.4, -0.2) is 55.0 Å². The van der Waals surface area contributed by atoms with Crippen molar-refractivity contribution in [2.24, 2.45) is 5.84 Å². The Kier molecular flexibility index (Phi) is 5.73. The minimum Gasteiger partial charge on any atom is -0.305 e. The highest BCUT2D eigenvalue weighted by atomic mass is 16.2. The average molecular weight is 228 g/mol. The Hall–Kier alpha value is -0.650. The van der Waals surface area contributed by atoms with Gasteiger partial charge in [-0.1, -0.05) is 0 Å². The van der Waals surface area contributed by atoms with Gasteiger partial charge in [0.05, 0.1) is 0 Å². The molecule has 1 atom stereocenters. The van der Waals surface area contributed by atoms with Crippen LogP contribution in [0.2, 0.25) is 0 Å². The maximum Gasteiger partial charge on any atom is 0.233 e. The maximum absolute atomic E-state index is 11.1. The first-order chi connectivity index (χ1) is 7.63. The minimum atomic E-state index is -0.0706. The lowest BCUT2D eigenvalue weighted by Gasteiger charge is -2.27. The molecular formula is C11H24N4O. The van der Waals surface area contributed by atoms with Crippen LogP contribution in [0, 0.1) is 0 Å². The molecule has 1 saturated heterocycles. The highest BCUT2D eigenvalue weighted by molar-refractivity contribution is 5.75. The van der Waals surface area contributed by atoms with E-state index in [-0.39, 0.29) is 5.91 Å². The molecule has 0 aromatic carbocycles. The molecule has 1 unspecified atom stereocenters. The summed E-state index contributed by atoms with van der Waals surface area (Å²) in [6, 6.07) is 0.462. The van der Waals surface area contributed by atoms with Crippen molar-refractivity contribution in [3.05, 3.63) is 0 Å². The van der Waals surface area contributed by atoms with Gasteiger partial charge in [-0.15, -0.1) is 0 Å². The molecule has 1 aliphatic rings. The predicted molar refractivity (Wildman–Crippen MR) is 64.7 cm³/mol. The zero-order valence-corrected chi connectivity index (χ0v) is 10.4. The number of carbonyl (C=O) groups is 1. The van der Waals surface area contributed by atoms with E-state index in [2.05, 4.69) is 29.2 Å². The van der Waals surface area contributed by atoms with Crippen molar-refractivity contribution in [2.75, 3.05) is 33.2 Å². The van der Waals surface area contributed by atoms with E-state index in [1.54, 1.807) is 0 Å². The van der Waals surface area contributed by atoms with Crippen LogP contribution in [0.3, 0.4) is 0 Å². The Morgan fingerprint density at radius 3 is 2.81 bits per heavy atom. The van der Waals surface area contributed by atoms with Crippen LogP contribution in [0.5, 0.6) is 0 Å². The minimum absolute atomic E-state index is 0.0706. The monoisotopic (exact) mass is 228 g/mol. The molecule has 0 aliphatic carbocycles. The van der Waals surface area contributed by atoms with Gasteiger partial charge in [0.2, 0.25) is 5.91 Å². The summed E-state index contributed by atoms with van der Waals surface area (Å²) in [6.45, 7) is 6.71. The molecule has 1 fully saturated rings. The van der Waals surface area contributed by atoms with E-state index in [1.807, 2.05) is 0 Å². The van der Waals surface area contributed by atoms with Crippen molar-refractivity contribution >= 4 is 5.91 Å². The largest absolute Gasteiger partial charge is 0.305 e. The van der Waals surface area contributed by atoms with E-state index < -0.39 is 0 Å². The number of nitrogens with two attached hydrogens (primary N) is 1. The summed E-state index contributed by atoms with van der Waals surface area (Å²) in [6.07, 6.45) is 2.61. The first-order valence-corrected chi connectivity index (χ1v) is 6.05. The van der Waals surface area contributed by atoms with E-state index in [1.165, 1.54) is 13.0 Å². The molecule has 5 heteroatoms. The zero-order chi connectivity index (χ0) is 12.0. The summed E-state index contributed by atoms with van der Waals surface area (Å²) in [5.74, 6) is 4.99. The standard InChI is InChI=1S/C11H24N4O/c1-10(4-5-11(16)13-12)15-7-3-6-14(2)8-9-15/h10H,3-9,12H2,1-2H3,(H,13,16). The number of carbonyl (C=O) groups excluding carboxylic acids is 1. The summed E-state index contributed by atoms with van der Waals surface area (Å²) in [5, 5.41) is 0. The highest BCUT2D eigenvalue weighted by Crippen LogP contribution is 2.10. The summed E-state index contributed by atoms with van der Waals surface area (Å²) >= 11 is 0. The molecule has 94 valence electrons. The Morgan fingerprint density at radius 1 is 1.38 bits per heavy atom. The number of hydrazine groups is 1. The number of rotatable bonds is 4. The number of nitrogens with zero attached hydrogens (tertiary/aromatic N) is 2. The highest BCUT2D eigenvalue weighted by Gasteiger charge is 2.17. The molecule has 16 heavy (non-hydrogen) atoms. The molecule has 0 spiro atoms. The quantitative estimate of drug-likeness (QED) is 0.397. The molecule has 3 N–H and O–H groups in total. The Labute approximate surface area is 97.9 Å². The molecule has 0 aromatic rings.